The van der Waals surface area contributed by atoms with Gasteiger partial charge in [0.15, 0.2) is 0 Å². The molecule has 0 aliphatic rings. The van der Waals surface area contributed by atoms with Crippen LogP contribution < -0.4 is 0 Å². The van der Waals surface area contributed by atoms with Gasteiger partial charge in [0, 0.05) is 11.8 Å². The molecule has 0 bridgehead atoms. The van der Waals surface area contributed by atoms with Crippen LogP contribution in [-0.2, 0) is 0 Å². The Labute approximate surface area is 81.7 Å². The Morgan fingerprint density at radius 1 is 1.07 bits per heavy atom. The largest absolute Gasteiger partial charge is 0.192 e. The zero-order valence-corrected chi connectivity index (χ0v) is 7.38. The molecule has 0 unspecified atom stereocenters. The molecule has 0 fully saturated rings. The molecule has 0 radical (unpaired) electrons. The fourth-order valence-electron chi connectivity index (χ4n) is 1.17. The monoisotopic (exact) mass is 181 g/mol. The molecule has 1 aromatic heterocycles. The van der Waals surface area contributed by atoms with Crippen molar-refractivity contribution in [2.75, 3.05) is 0 Å². The summed E-state index contributed by atoms with van der Waals surface area (Å²) in [6.07, 6.45) is 1.63. The minimum Gasteiger partial charge on any atom is -0.192 e. The summed E-state index contributed by atoms with van der Waals surface area (Å²) in [7, 11) is 0. The SMILES string of the molecule is N#Cc1ccc(-c2cccnn2)cc1. The lowest BCUT2D eigenvalue weighted by molar-refractivity contribution is 1.04. The predicted octanol–water partition coefficient (Wildman–Crippen LogP) is 2.02. The Kier molecular flexibility index (Phi) is 2.20. The van der Waals surface area contributed by atoms with E-state index in [1.54, 1.807) is 18.3 Å². The van der Waals surface area contributed by atoms with Crippen molar-refractivity contribution in [1.82, 2.24) is 10.2 Å². The number of rotatable bonds is 1. The first-order chi connectivity index (χ1) is 6.90. The van der Waals surface area contributed by atoms with E-state index < -0.39 is 0 Å². The summed E-state index contributed by atoms with van der Waals surface area (Å²) in [5.41, 5.74) is 2.44. The van der Waals surface area contributed by atoms with Gasteiger partial charge < -0.3 is 0 Å². The van der Waals surface area contributed by atoms with Crippen molar-refractivity contribution in [1.29, 1.82) is 5.26 Å². The Morgan fingerprint density at radius 2 is 1.86 bits per heavy atom. The second-order valence-corrected chi connectivity index (χ2v) is 2.80. The minimum absolute atomic E-state index is 0.651. The van der Waals surface area contributed by atoms with Crippen molar-refractivity contribution in [3.8, 4) is 17.3 Å². The zero-order chi connectivity index (χ0) is 9.80. The van der Waals surface area contributed by atoms with E-state index in [1.165, 1.54) is 0 Å². The molecule has 1 heterocycles. The summed E-state index contributed by atoms with van der Waals surface area (Å²) >= 11 is 0. The first-order valence-electron chi connectivity index (χ1n) is 4.18. The average molecular weight is 181 g/mol. The van der Waals surface area contributed by atoms with Crippen LogP contribution in [0.4, 0.5) is 0 Å². The van der Waals surface area contributed by atoms with E-state index >= 15 is 0 Å². The first kappa shape index (κ1) is 8.39. The van der Waals surface area contributed by atoms with Gasteiger partial charge >= 0.3 is 0 Å². The van der Waals surface area contributed by atoms with Gasteiger partial charge in [-0.25, -0.2) is 0 Å². The van der Waals surface area contributed by atoms with Gasteiger partial charge in [0.1, 0.15) is 0 Å². The van der Waals surface area contributed by atoms with Gasteiger partial charge in [-0.3, -0.25) is 0 Å². The molecule has 0 amide bonds. The molecular weight excluding hydrogens is 174 g/mol. The van der Waals surface area contributed by atoms with Crippen molar-refractivity contribution in [3.05, 3.63) is 48.2 Å². The number of benzene rings is 1. The van der Waals surface area contributed by atoms with Crippen molar-refractivity contribution >= 4 is 0 Å². The summed E-state index contributed by atoms with van der Waals surface area (Å²) in [6, 6.07) is 13.0. The van der Waals surface area contributed by atoms with E-state index in [0.717, 1.165) is 11.3 Å². The van der Waals surface area contributed by atoms with Crippen LogP contribution in [0.5, 0.6) is 0 Å². The highest BCUT2D eigenvalue weighted by Gasteiger charge is 1.97. The lowest BCUT2D eigenvalue weighted by Gasteiger charge is -1.97. The van der Waals surface area contributed by atoms with Crippen LogP contribution in [0.15, 0.2) is 42.6 Å². The average Bonchev–Trinajstić information content (AvgIpc) is 2.30. The third kappa shape index (κ3) is 1.59. The smallest absolute Gasteiger partial charge is 0.0991 e. The van der Waals surface area contributed by atoms with Gasteiger partial charge in [-0.05, 0) is 24.3 Å². The maximum atomic E-state index is 8.62. The quantitative estimate of drug-likeness (QED) is 0.676. The Morgan fingerprint density at radius 3 is 2.43 bits per heavy atom. The highest BCUT2D eigenvalue weighted by molar-refractivity contribution is 5.59. The summed E-state index contributed by atoms with van der Waals surface area (Å²) in [4.78, 5) is 0. The van der Waals surface area contributed by atoms with E-state index in [1.807, 2.05) is 24.3 Å². The van der Waals surface area contributed by atoms with Crippen LogP contribution >= 0.6 is 0 Å². The first-order valence-corrected chi connectivity index (χ1v) is 4.18. The van der Waals surface area contributed by atoms with Gasteiger partial charge in [0.2, 0.25) is 0 Å². The molecule has 0 atom stereocenters. The van der Waals surface area contributed by atoms with Crippen molar-refractivity contribution in [2.45, 2.75) is 0 Å². The van der Waals surface area contributed by atoms with Crippen LogP contribution in [0.2, 0.25) is 0 Å². The van der Waals surface area contributed by atoms with Crippen LogP contribution in [0.3, 0.4) is 0 Å². The van der Waals surface area contributed by atoms with Crippen LogP contribution in [0.25, 0.3) is 11.3 Å². The number of hydrogen-bond acceptors (Lipinski definition) is 3. The number of nitriles is 1. The van der Waals surface area contributed by atoms with Crippen LogP contribution in [-0.4, -0.2) is 10.2 Å². The molecule has 0 aliphatic carbocycles. The molecule has 14 heavy (non-hydrogen) atoms. The topological polar surface area (TPSA) is 49.6 Å². The molecule has 3 nitrogen and oxygen atoms in total. The Balaban J connectivity index is 2.40. The maximum Gasteiger partial charge on any atom is 0.0991 e. The van der Waals surface area contributed by atoms with Gasteiger partial charge in [-0.2, -0.15) is 15.5 Å². The summed E-state index contributed by atoms with van der Waals surface area (Å²) in [5, 5.41) is 16.4. The molecular formula is C11H7N3. The highest BCUT2D eigenvalue weighted by atomic mass is 15.1. The van der Waals surface area contributed by atoms with Crippen molar-refractivity contribution in [3.63, 3.8) is 0 Å². The maximum absolute atomic E-state index is 8.62. The second-order valence-electron chi connectivity index (χ2n) is 2.80. The third-order valence-corrected chi connectivity index (χ3v) is 1.88. The fraction of sp³-hybridized carbons (Fsp3) is 0. The van der Waals surface area contributed by atoms with Gasteiger partial charge in [-0.15, -0.1) is 0 Å². The Hall–Kier alpha value is -2.21. The molecule has 0 spiro atoms. The molecule has 0 aliphatic heterocycles. The molecule has 0 saturated carbocycles. The second kappa shape index (κ2) is 3.67. The zero-order valence-electron chi connectivity index (χ0n) is 7.38. The standard InChI is InChI=1S/C11H7N3/c12-8-9-3-5-10(6-4-9)11-2-1-7-13-14-11/h1-7H. The number of hydrogen-bond donors (Lipinski definition) is 0. The molecule has 0 saturated heterocycles. The van der Waals surface area contributed by atoms with Crippen molar-refractivity contribution < 1.29 is 0 Å². The Bertz CT molecular complexity index is 454. The van der Waals surface area contributed by atoms with E-state index in [9.17, 15) is 0 Å². The number of aromatic nitrogens is 2. The van der Waals surface area contributed by atoms with E-state index in [-0.39, 0.29) is 0 Å². The summed E-state index contributed by atoms with van der Waals surface area (Å²) in [6.45, 7) is 0. The van der Waals surface area contributed by atoms with E-state index in [0.29, 0.717) is 5.56 Å². The predicted molar refractivity (Wildman–Crippen MR) is 52.2 cm³/mol. The third-order valence-electron chi connectivity index (χ3n) is 1.88. The van der Waals surface area contributed by atoms with Gasteiger partial charge in [0.25, 0.3) is 0 Å². The van der Waals surface area contributed by atoms with Crippen LogP contribution in [0.1, 0.15) is 5.56 Å². The normalized spacial score (nSPS) is 9.36. The van der Waals surface area contributed by atoms with E-state index in [4.69, 9.17) is 5.26 Å². The van der Waals surface area contributed by atoms with Crippen LogP contribution in [0, 0.1) is 11.3 Å². The molecule has 2 aromatic rings. The number of nitrogens with zero attached hydrogens (tertiary/aromatic N) is 3. The molecule has 0 N–H and O–H groups in total. The molecule has 3 heteroatoms. The lowest BCUT2D eigenvalue weighted by Crippen LogP contribution is -1.85. The van der Waals surface area contributed by atoms with Crippen molar-refractivity contribution in [2.24, 2.45) is 0 Å². The molecule has 1 aromatic carbocycles. The lowest BCUT2D eigenvalue weighted by atomic mass is 10.1. The molecule has 66 valence electrons. The summed E-state index contributed by atoms with van der Waals surface area (Å²) in [5.74, 6) is 0. The minimum atomic E-state index is 0.651. The van der Waals surface area contributed by atoms with Gasteiger partial charge in [0.05, 0.1) is 17.3 Å². The fourth-order valence-corrected chi connectivity index (χ4v) is 1.17. The summed E-state index contributed by atoms with van der Waals surface area (Å²) < 4.78 is 0. The molecule has 2 rings (SSSR count). The van der Waals surface area contributed by atoms with E-state index in [2.05, 4.69) is 16.3 Å². The highest BCUT2D eigenvalue weighted by Crippen LogP contribution is 2.15. The van der Waals surface area contributed by atoms with Gasteiger partial charge in [-0.1, -0.05) is 12.1 Å².